The fourth-order valence-electron chi connectivity index (χ4n) is 1.93. The van der Waals surface area contributed by atoms with Crippen molar-refractivity contribution in [2.24, 2.45) is 4.99 Å². The minimum absolute atomic E-state index is 0.105. The van der Waals surface area contributed by atoms with Crippen molar-refractivity contribution in [1.82, 2.24) is 9.88 Å². The number of ketones is 1. The van der Waals surface area contributed by atoms with Crippen molar-refractivity contribution in [2.45, 2.75) is 19.3 Å². The molecule has 0 radical (unpaired) electrons. The molecule has 2 rings (SSSR count). The number of aromatic nitrogens is 1. The molecule has 1 aromatic heterocycles. The Labute approximate surface area is 113 Å². The summed E-state index contributed by atoms with van der Waals surface area (Å²) in [5.41, 5.74) is 1.26. The van der Waals surface area contributed by atoms with E-state index >= 15 is 0 Å². The number of Topliss-reactive ketones (excluding diaryl/α,β-unsaturated/α-hetero) is 1. The van der Waals surface area contributed by atoms with E-state index < -0.39 is 0 Å². The lowest BCUT2D eigenvalue weighted by Gasteiger charge is -2.10. The summed E-state index contributed by atoms with van der Waals surface area (Å²) in [4.78, 5) is 22.4. The minimum Gasteiger partial charge on any atom is -0.481 e. The highest BCUT2D eigenvalue weighted by molar-refractivity contribution is 6.04. The van der Waals surface area contributed by atoms with E-state index in [1.807, 2.05) is 14.1 Å². The molecule has 0 unspecified atom stereocenters. The Morgan fingerprint density at radius 3 is 3.00 bits per heavy atom. The monoisotopic (exact) mass is 261 g/mol. The van der Waals surface area contributed by atoms with E-state index in [1.54, 1.807) is 18.5 Å². The summed E-state index contributed by atoms with van der Waals surface area (Å²) in [7, 11) is 4.06. The zero-order valence-corrected chi connectivity index (χ0v) is 11.4. The van der Waals surface area contributed by atoms with Crippen LogP contribution in [-0.2, 0) is 4.74 Å². The third kappa shape index (κ3) is 3.86. The van der Waals surface area contributed by atoms with Gasteiger partial charge in [0, 0.05) is 31.1 Å². The molecule has 1 aliphatic heterocycles. The molecule has 0 amide bonds. The smallest absolute Gasteiger partial charge is 0.188 e. The molecule has 0 aliphatic carbocycles. The third-order valence-electron chi connectivity index (χ3n) is 2.93. The lowest BCUT2D eigenvalue weighted by atomic mass is 10.1. The number of carbonyl (C=O) groups excluding carboxylic acids is 1. The van der Waals surface area contributed by atoms with Crippen LogP contribution in [0.1, 0.15) is 29.6 Å². The summed E-state index contributed by atoms with van der Waals surface area (Å²) in [6.07, 6.45) is 5.19. The van der Waals surface area contributed by atoms with Crippen LogP contribution in [0, 0.1) is 0 Å². The molecule has 0 aromatic carbocycles. The van der Waals surface area contributed by atoms with E-state index in [0.717, 1.165) is 13.0 Å². The lowest BCUT2D eigenvalue weighted by Crippen LogP contribution is -2.16. The van der Waals surface area contributed by atoms with Gasteiger partial charge in [-0.25, -0.2) is 4.99 Å². The van der Waals surface area contributed by atoms with Crippen LogP contribution in [0.15, 0.2) is 23.5 Å². The van der Waals surface area contributed by atoms with Crippen LogP contribution in [-0.4, -0.2) is 48.8 Å². The fraction of sp³-hybridized carbons (Fsp3) is 0.500. The molecule has 0 spiro atoms. The first-order valence-electron chi connectivity index (χ1n) is 6.49. The number of carbonyl (C=O) groups is 1. The zero-order chi connectivity index (χ0) is 13.7. The molecule has 0 atom stereocenters. The molecule has 5 nitrogen and oxygen atoms in total. The SMILES string of the molecule is CN(C)CCCOC1=Nc2cnccc2C(=O)CC1. The molecular weight excluding hydrogens is 242 g/mol. The van der Waals surface area contributed by atoms with Gasteiger partial charge in [0.25, 0.3) is 0 Å². The summed E-state index contributed by atoms with van der Waals surface area (Å²) < 4.78 is 5.66. The van der Waals surface area contributed by atoms with Gasteiger partial charge >= 0.3 is 0 Å². The maximum absolute atomic E-state index is 11.9. The quantitative estimate of drug-likeness (QED) is 0.778. The number of nitrogens with zero attached hydrogens (tertiary/aromatic N) is 3. The highest BCUT2D eigenvalue weighted by Crippen LogP contribution is 2.24. The van der Waals surface area contributed by atoms with Gasteiger partial charge in [0.2, 0.25) is 0 Å². The van der Waals surface area contributed by atoms with Gasteiger partial charge < -0.3 is 9.64 Å². The molecule has 0 N–H and O–H groups in total. The topological polar surface area (TPSA) is 54.8 Å². The van der Waals surface area contributed by atoms with Crippen molar-refractivity contribution in [2.75, 3.05) is 27.2 Å². The van der Waals surface area contributed by atoms with Gasteiger partial charge in [-0.3, -0.25) is 9.78 Å². The van der Waals surface area contributed by atoms with Crippen LogP contribution in [0.5, 0.6) is 0 Å². The summed E-state index contributed by atoms with van der Waals surface area (Å²) in [5.74, 6) is 0.742. The van der Waals surface area contributed by atoms with Crippen molar-refractivity contribution in [3.8, 4) is 0 Å². The van der Waals surface area contributed by atoms with E-state index in [9.17, 15) is 4.79 Å². The number of fused-ring (bicyclic) bond motifs is 1. The molecule has 0 saturated heterocycles. The first-order valence-corrected chi connectivity index (χ1v) is 6.49. The minimum atomic E-state index is 0.105. The molecule has 1 aliphatic rings. The highest BCUT2D eigenvalue weighted by Gasteiger charge is 2.17. The molecule has 1 aromatic rings. The number of aliphatic imine (C=N–C) groups is 1. The van der Waals surface area contributed by atoms with Crippen LogP contribution < -0.4 is 0 Å². The molecule has 0 fully saturated rings. The predicted octanol–water partition coefficient (Wildman–Crippen LogP) is 2.06. The standard InChI is InChI=1S/C14H19N3O2/c1-17(2)8-3-9-19-14-5-4-13(18)11-6-7-15-10-12(11)16-14/h6-7,10H,3-5,8-9H2,1-2H3. The predicted molar refractivity (Wildman–Crippen MR) is 74.0 cm³/mol. The normalized spacial score (nSPS) is 14.9. The average molecular weight is 261 g/mol. The van der Waals surface area contributed by atoms with Gasteiger partial charge in [0.1, 0.15) is 0 Å². The van der Waals surface area contributed by atoms with E-state index in [4.69, 9.17) is 4.74 Å². The van der Waals surface area contributed by atoms with Crippen LogP contribution in [0.2, 0.25) is 0 Å². The molecule has 2 heterocycles. The maximum Gasteiger partial charge on any atom is 0.188 e. The first kappa shape index (κ1) is 13.7. The second kappa shape index (κ2) is 6.43. The molecule has 19 heavy (non-hydrogen) atoms. The Morgan fingerprint density at radius 2 is 2.21 bits per heavy atom. The Hall–Kier alpha value is -1.75. The van der Waals surface area contributed by atoms with Gasteiger partial charge in [0.05, 0.1) is 18.5 Å². The average Bonchev–Trinajstić information content (AvgIpc) is 2.55. The Kier molecular flexibility index (Phi) is 4.63. The molecular formula is C14H19N3O2. The zero-order valence-electron chi connectivity index (χ0n) is 11.4. The van der Waals surface area contributed by atoms with Crippen molar-refractivity contribution >= 4 is 17.4 Å². The van der Waals surface area contributed by atoms with Crippen LogP contribution in [0.3, 0.4) is 0 Å². The van der Waals surface area contributed by atoms with Crippen LogP contribution in [0.4, 0.5) is 5.69 Å². The van der Waals surface area contributed by atoms with Gasteiger partial charge in [0.15, 0.2) is 11.7 Å². The summed E-state index contributed by atoms with van der Waals surface area (Å²) in [5, 5.41) is 0. The van der Waals surface area contributed by atoms with Crippen LogP contribution in [0.25, 0.3) is 0 Å². The first-order chi connectivity index (χ1) is 9.16. The van der Waals surface area contributed by atoms with E-state index in [-0.39, 0.29) is 5.78 Å². The van der Waals surface area contributed by atoms with Gasteiger partial charge in [-0.2, -0.15) is 0 Å². The van der Waals surface area contributed by atoms with E-state index in [2.05, 4.69) is 14.9 Å². The Bertz CT molecular complexity index is 483. The van der Waals surface area contributed by atoms with Crippen molar-refractivity contribution in [3.63, 3.8) is 0 Å². The summed E-state index contributed by atoms with van der Waals surface area (Å²) in [6, 6.07) is 1.72. The van der Waals surface area contributed by atoms with Gasteiger partial charge in [-0.05, 0) is 26.6 Å². The maximum atomic E-state index is 11.9. The molecule has 0 saturated carbocycles. The number of hydrogen-bond donors (Lipinski definition) is 0. The molecule has 0 bridgehead atoms. The number of rotatable bonds is 4. The van der Waals surface area contributed by atoms with E-state index in [0.29, 0.717) is 36.6 Å². The van der Waals surface area contributed by atoms with Crippen molar-refractivity contribution < 1.29 is 9.53 Å². The van der Waals surface area contributed by atoms with E-state index in [1.165, 1.54) is 0 Å². The second-order valence-corrected chi connectivity index (χ2v) is 4.83. The van der Waals surface area contributed by atoms with Crippen molar-refractivity contribution in [3.05, 3.63) is 24.0 Å². The highest BCUT2D eigenvalue weighted by atomic mass is 16.5. The third-order valence-corrected chi connectivity index (χ3v) is 2.93. The van der Waals surface area contributed by atoms with Crippen LogP contribution >= 0.6 is 0 Å². The molecule has 102 valence electrons. The summed E-state index contributed by atoms with van der Waals surface area (Å²) >= 11 is 0. The summed E-state index contributed by atoms with van der Waals surface area (Å²) in [6.45, 7) is 1.60. The van der Waals surface area contributed by atoms with Gasteiger partial charge in [-0.1, -0.05) is 0 Å². The fourth-order valence-corrected chi connectivity index (χ4v) is 1.93. The molecule has 5 heteroatoms. The van der Waals surface area contributed by atoms with Gasteiger partial charge in [-0.15, -0.1) is 0 Å². The largest absolute Gasteiger partial charge is 0.481 e. The van der Waals surface area contributed by atoms with Crippen molar-refractivity contribution in [1.29, 1.82) is 0 Å². The lowest BCUT2D eigenvalue weighted by molar-refractivity contribution is 0.0984. The Morgan fingerprint density at radius 1 is 1.37 bits per heavy atom. The number of pyridine rings is 1. The Balaban J connectivity index is 1.99. The number of ether oxygens (including phenoxy) is 1. The second-order valence-electron chi connectivity index (χ2n) is 4.83. The number of hydrogen-bond acceptors (Lipinski definition) is 5.